The van der Waals surface area contributed by atoms with Crippen LogP contribution in [0.15, 0.2) is 60.7 Å². The van der Waals surface area contributed by atoms with Crippen LogP contribution in [0, 0.1) is 5.82 Å². The molecule has 0 spiro atoms. The van der Waals surface area contributed by atoms with Gasteiger partial charge in [0.1, 0.15) is 5.82 Å². The number of rotatable bonds is 2. The highest BCUT2D eigenvalue weighted by atomic mass is 19.1. The molecule has 0 fully saturated rings. The molecule has 94 valence electrons. The molecule has 0 aromatic heterocycles. The van der Waals surface area contributed by atoms with Crippen molar-refractivity contribution in [3.8, 4) is 0 Å². The summed E-state index contributed by atoms with van der Waals surface area (Å²) in [6.07, 6.45) is 0.517. The minimum Gasteiger partial charge on any atom is -0.398 e. The molecule has 3 aromatic rings. The van der Waals surface area contributed by atoms with E-state index < -0.39 is 0 Å². The van der Waals surface area contributed by atoms with E-state index in [2.05, 4.69) is 0 Å². The molecule has 0 aliphatic heterocycles. The van der Waals surface area contributed by atoms with Crippen molar-refractivity contribution in [1.29, 1.82) is 0 Å². The lowest BCUT2D eigenvalue weighted by Gasteiger charge is -2.09. The monoisotopic (exact) mass is 251 g/mol. The van der Waals surface area contributed by atoms with Crippen molar-refractivity contribution in [2.45, 2.75) is 6.42 Å². The molecule has 0 radical (unpaired) electrons. The number of hydrogen-bond donors (Lipinski definition) is 1. The molecule has 0 heterocycles. The van der Waals surface area contributed by atoms with Crippen LogP contribution < -0.4 is 5.73 Å². The highest BCUT2D eigenvalue weighted by molar-refractivity contribution is 5.86. The Kier molecular flexibility index (Phi) is 2.92. The number of anilines is 1. The first-order chi connectivity index (χ1) is 9.24. The maximum absolute atomic E-state index is 13.7. The summed E-state index contributed by atoms with van der Waals surface area (Å²) >= 11 is 0. The van der Waals surface area contributed by atoms with Gasteiger partial charge in [-0.2, -0.15) is 0 Å². The molecule has 0 amide bonds. The van der Waals surface area contributed by atoms with E-state index in [1.807, 2.05) is 42.5 Å². The van der Waals surface area contributed by atoms with Crippen LogP contribution in [-0.2, 0) is 6.42 Å². The Bertz CT molecular complexity index is 734. The lowest BCUT2D eigenvalue weighted by atomic mass is 9.99. The third-order valence-electron chi connectivity index (χ3n) is 3.35. The zero-order chi connectivity index (χ0) is 13.2. The van der Waals surface area contributed by atoms with Crippen LogP contribution in [0.25, 0.3) is 10.8 Å². The normalized spacial score (nSPS) is 10.8. The number of halogens is 1. The Morgan fingerprint density at radius 2 is 1.42 bits per heavy atom. The molecule has 2 heteroatoms. The Morgan fingerprint density at radius 1 is 0.789 bits per heavy atom. The van der Waals surface area contributed by atoms with E-state index in [0.717, 1.165) is 16.3 Å². The minimum atomic E-state index is -0.185. The van der Waals surface area contributed by atoms with E-state index in [4.69, 9.17) is 5.73 Å². The summed E-state index contributed by atoms with van der Waals surface area (Å²) in [4.78, 5) is 0. The van der Waals surface area contributed by atoms with E-state index in [1.165, 1.54) is 6.07 Å². The summed E-state index contributed by atoms with van der Waals surface area (Å²) in [7, 11) is 0. The third-order valence-corrected chi connectivity index (χ3v) is 3.35. The Hall–Kier alpha value is -2.35. The fraction of sp³-hybridized carbons (Fsp3) is 0.0588. The summed E-state index contributed by atoms with van der Waals surface area (Å²) in [5, 5.41) is 2.24. The van der Waals surface area contributed by atoms with E-state index in [0.29, 0.717) is 17.7 Å². The van der Waals surface area contributed by atoms with Crippen molar-refractivity contribution in [3.05, 3.63) is 77.6 Å². The number of fused-ring (bicyclic) bond motifs is 1. The van der Waals surface area contributed by atoms with Gasteiger partial charge in [0.05, 0.1) is 0 Å². The molecule has 0 saturated heterocycles. The van der Waals surface area contributed by atoms with Crippen molar-refractivity contribution < 1.29 is 4.39 Å². The van der Waals surface area contributed by atoms with Crippen LogP contribution in [-0.4, -0.2) is 0 Å². The molecule has 0 saturated carbocycles. The van der Waals surface area contributed by atoms with Crippen LogP contribution in [0.3, 0.4) is 0 Å². The molecule has 0 unspecified atom stereocenters. The van der Waals surface area contributed by atoms with E-state index in [-0.39, 0.29) is 5.82 Å². The van der Waals surface area contributed by atoms with Crippen LogP contribution in [0.5, 0.6) is 0 Å². The minimum absolute atomic E-state index is 0.185. The van der Waals surface area contributed by atoms with Gasteiger partial charge in [-0.15, -0.1) is 0 Å². The molecule has 0 bridgehead atoms. The van der Waals surface area contributed by atoms with Crippen molar-refractivity contribution in [2.75, 3.05) is 5.73 Å². The largest absolute Gasteiger partial charge is 0.398 e. The summed E-state index contributed by atoms with van der Waals surface area (Å²) in [5.41, 5.74) is 8.40. The summed E-state index contributed by atoms with van der Waals surface area (Å²) < 4.78 is 13.7. The predicted molar refractivity (Wildman–Crippen MR) is 77.6 cm³/mol. The molecular weight excluding hydrogens is 237 g/mol. The van der Waals surface area contributed by atoms with Gasteiger partial charge in [-0.25, -0.2) is 4.39 Å². The smallest absolute Gasteiger partial charge is 0.126 e. The first-order valence-corrected chi connectivity index (χ1v) is 6.24. The zero-order valence-corrected chi connectivity index (χ0v) is 10.4. The average Bonchev–Trinajstić information content (AvgIpc) is 2.42. The van der Waals surface area contributed by atoms with Gasteiger partial charge in [0.15, 0.2) is 0 Å². The standard InChI is InChI=1S/C17H14FN/c18-16-8-4-3-7-14(16)10-15-9-12-5-1-2-6-13(12)11-17(15)19/h1-9,11H,10,19H2. The van der Waals surface area contributed by atoms with Crippen LogP contribution in [0.4, 0.5) is 10.1 Å². The van der Waals surface area contributed by atoms with Crippen molar-refractivity contribution in [3.63, 3.8) is 0 Å². The molecule has 19 heavy (non-hydrogen) atoms. The summed E-state index contributed by atoms with van der Waals surface area (Å²) in [5.74, 6) is -0.185. The second kappa shape index (κ2) is 4.73. The summed E-state index contributed by atoms with van der Waals surface area (Å²) in [6, 6.07) is 18.8. The molecule has 0 aliphatic rings. The van der Waals surface area contributed by atoms with Gasteiger partial charge in [-0.1, -0.05) is 42.5 Å². The molecule has 3 aromatic carbocycles. The number of nitrogen functional groups attached to an aromatic ring is 1. The maximum Gasteiger partial charge on any atom is 0.126 e. The van der Waals surface area contributed by atoms with Crippen molar-refractivity contribution in [2.24, 2.45) is 0 Å². The molecular formula is C17H14FN. The molecule has 3 rings (SSSR count). The third kappa shape index (κ3) is 2.29. The second-order valence-electron chi connectivity index (χ2n) is 4.67. The van der Waals surface area contributed by atoms with E-state index >= 15 is 0 Å². The highest BCUT2D eigenvalue weighted by Crippen LogP contribution is 2.24. The maximum atomic E-state index is 13.7. The van der Waals surface area contributed by atoms with Crippen molar-refractivity contribution >= 4 is 16.5 Å². The topological polar surface area (TPSA) is 26.0 Å². The van der Waals surface area contributed by atoms with E-state index in [9.17, 15) is 4.39 Å². The van der Waals surface area contributed by atoms with Gasteiger partial charge in [-0.05, 0) is 40.1 Å². The molecule has 1 nitrogen and oxygen atoms in total. The molecule has 0 atom stereocenters. The van der Waals surface area contributed by atoms with Gasteiger partial charge in [0, 0.05) is 12.1 Å². The van der Waals surface area contributed by atoms with Gasteiger partial charge in [0.2, 0.25) is 0 Å². The zero-order valence-electron chi connectivity index (χ0n) is 10.4. The van der Waals surface area contributed by atoms with Gasteiger partial charge in [-0.3, -0.25) is 0 Å². The number of nitrogens with two attached hydrogens (primary N) is 1. The molecule has 2 N–H and O–H groups in total. The number of hydrogen-bond acceptors (Lipinski definition) is 1. The first kappa shape index (κ1) is 11.7. The van der Waals surface area contributed by atoms with Crippen LogP contribution >= 0.6 is 0 Å². The fourth-order valence-electron chi connectivity index (χ4n) is 2.31. The fourth-order valence-corrected chi connectivity index (χ4v) is 2.31. The van der Waals surface area contributed by atoms with Gasteiger partial charge >= 0.3 is 0 Å². The van der Waals surface area contributed by atoms with E-state index in [1.54, 1.807) is 12.1 Å². The van der Waals surface area contributed by atoms with Crippen molar-refractivity contribution in [1.82, 2.24) is 0 Å². The van der Waals surface area contributed by atoms with Gasteiger partial charge < -0.3 is 5.73 Å². The predicted octanol–water partition coefficient (Wildman–Crippen LogP) is 4.15. The SMILES string of the molecule is Nc1cc2ccccc2cc1Cc1ccccc1F. The Balaban J connectivity index is 2.06. The quantitative estimate of drug-likeness (QED) is 0.680. The average molecular weight is 251 g/mol. The Labute approximate surface area is 111 Å². The first-order valence-electron chi connectivity index (χ1n) is 6.24. The number of benzene rings is 3. The lowest BCUT2D eigenvalue weighted by Crippen LogP contribution is -1.98. The van der Waals surface area contributed by atoms with Gasteiger partial charge in [0.25, 0.3) is 0 Å². The van der Waals surface area contributed by atoms with Crippen LogP contribution in [0.2, 0.25) is 0 Å². The molecule has 0 aliphatic carbocycles. The highest BCUT2D eigenvalue weighted by Gasteiger charge is 2.06. The second-order valence-corrected chi connectivity index (χ2v) is 4.67. The Morgan fingerprint density at radius 3 is 2.16 bits per heavy atom. The summed E-state index contributed by atoms with van der Waals surface area (Å²) in [6.45, 7) is 0. The lowest BCUT2D eigenvalue weighted by molar-refractivity contribution is 0.614. The van der Waals surface area contributed by atoms with Crippen LogP contribution in [0.1, 0.15) is 11.1 Å².